The number of rotatable bonds is 4. The lowest BCUT2D eigenvalue weighted by molar-refractivity contribution is 0.0875. The van der Waals surface area contributed by atoms with Crippen LogP contribution in [0.15, 0.2) is 53.6 Å². The molecule has 0 aliphatic carbocycles. The highest BCUT2D eigenvalue weighted by atomic mass is 35.5. The summed E-state index contributed by atoms with van der Waals surface area (Å²) in [6.07, 6.45) is 2.31. The number of piperidine rings is 1. The van der Waals surface area contributed by atoms with Gasteiger partial charge in [0.1, 0.15) is 10.0 Å². The molecule has 0 bridgehead atoms. The van der Waals surface area contributed by atoms with Crippen LogP contribution >= 0.6 is 11.6 Å². The van der Waals surface area contributed by atoms with Crippen LogP contribution in [0.2, 0.25) is 5.15 Å². The van der Waals surface area contributed by atoms with E-state index in [2.05, 4.69) is 4.98 Å². The van der Waals surface area contributed by atoms with E-state index in [1.54, 1.807) is 12.1 Å². The van der Waals surface area contributed by atoms with Crippen molar-refractivity contribution in [2.45, 2.75) is 17.7 Å². The van der Waals surface area contributed by atoms with Crippen molar-refractivity contribution in [3.8, 4) is 0 Å². The zero-order valence-electron chi connectivity index (χ0n) is 12.9. The second-order valence-electron chi connectivity index (χ2n) is 5.73. The maximum absolute atomic E-state index is 12.6. The fraction of sp³-hybridized carbons (Fsp3) is 0.294. The first kappa shape index (κ1) is 17.1. The van der Waals surface area contributed by atoms with Crippen molar-refractivity contribution in [1.82, 2.24) is 9.29 Å². The monoisotopic (exact) mass is 364 g/mol. The van der Waals surface area contributed by atoms with E-state index in [1.165, 1.54) is 22.6 Å². The number of ketones is 1. The summed E-state index contributed by atoms with van der Waals surface area (Å²) in [7, 11) is -3.59. The molecule has 3 rings (SSSR count). The average Bonchev–Trinajstić information content (AvgIpc) is 2.62. The second-order valence-corrected chi connectivity index (χ2v) is 8.05. The number of hydrogen-bond donors (Lipinski definition) is 0. The molecule has 0 radical (unpaired) electrons. The Bertz CT molecular complexity index is 815. The third-order valence-electron chi connectivity index (χ3n) is 4.22. The third kappa shape index (κ3) is 3.50. The molecule has 0 saturated carbocycles. The number of hydrogen-bond acceptors (Lipinski definition) is 4. The first-order chi connectivity index (χ1) is 11.5. The van der Waals surface area contributed by atoms with Gasteiger partial charge < -0.3 is 0 Å². The topological polar surface area (TPSA) is 67.3 Å². The SMILES string of the molecule is O=C(c1ccccc1)C1CCN(S(=O)(=O)c2ccc(Cl)nc2)CC1. The summed E-state index contributed by atoms with van der Waals surface area (Å²) in [5.74, 6) is -0.0528. The number of sulfonamides is 1. The maximum atomic E-state index is 12.6. The van der Waals surface area contributed by atoms with E-state index in [4.69, 9.17) is 11.6 Å². The molecular weight excluding hydrogens is 348 g/mol. The van der Waals surface area contributed by atoms with Gasteiger partial charge in [-0.1, -0.05) is 41.9 Å². The van der Waals surface area contributed by atoms with Crippen molar-refractivity contribution >= 4 is 27.4 Å². The minimum absolute atomic E-state index is 0.0841. The summed E-state index contributed by atoms with van der Waals surface area (Å²) >= 11 is 5.70. The molecule has 24 heavy (non-hydrogen) atoms. The summed E-state index contributed by atoms with van der Waals surface area (Å²) in [6, 6.07) is 12.0. The molecule has 1 fully saturated rings. The molecule has 1 aliphatic rings. The highest BCUT2D eigenvalue weighted by Gasteiger charge is 2.32. The molecule has 0 spiro atoms. The molecule has 0 N–H and O–H groups in total. The van der Waals surface area contributed by atoms with Gasteiger partial charge in [0.05, 0.1) is 0 Å². The van der Waals surface area contributed by atoms with Crippen molar-refractivity contribution < 1.29 is 13.2 Å². The van der Waals surface area contributed by atoms with E-state index in [1.807, 2.05) is 18.2 Å². The second kappa shape index (κ2) is 7.01. The van der Waals surface area contributed by atoms with Crippen LogP contribution in [0.5, 0.6) is 0 Å². The van der Waals surface area contributed by atoms with E-state index >= 15 is 0 Å². The van der Waals surface area contributed by atoms with E-state index < -0.39 is 10.0 Å². The summed E-state index contributed by atoms with van der Waals surface area (Å²) < 4.78 is 26.6. The van der Waals surface area contributed by atoms with Crippen molar-refractivity contribution in [1.29, 1.82) is 0 Å². The van der Waals surface area contributed by atoms with Crippen molar-refractivity contribution in [3.63, 3.8) is 0 Å². The molecule has 1 saturated heterocycles. The zero-order valence-corrected chi connectivity index (χ0v) is 14.5. The molecule has 0 unspecified atom stereocenters. The number of aromatic nitrogens is 1. The van der Waals surface area contributed by atoms with Gasteiger partial charge in [-0.3, -0.25) is 4.79 Å². The quantitative estimate of drug-likeness (QED) is 0.617. The van der Waals surface area contributed by atoms with Gasteiger partial charge in [-0.2, -0.15) is 4.31 Å². The Labute approximate surface area is 146 Å². The maximum Gasteiger partial charge on any atom is 0.244 e. The smallest absolute Gasteiger partial charge is 0.244 e. The van der Waals surface area contributed by atoms with Gasteiger partial charge in [-0.25, -0.2) is 13.4 Å². The van der Waals surface area contributed by atoms with Crippen LogP contribution in [0.3, 0.4) is 0 Å². The lowest BCUT2D eigenvalue weighted by Crippen LogP contribution is -2.40. The number of carbonyl (C=O) groups excluding carboxylic acids is 1. The Morgan fingerprint density at radius 1 is 1.08 bits per heavy atom. The molecule has 1 aromatic carbocycles. The summed E-state index contributed by atoms with van der Waals surface area (Å²) in [5.41, 5.74) is 0.681. The van der Waals surface area contributed by atoms with E-state index in [0.29, 0.717) is 31.5 Å². The molecule has 1 aliphatic heterocycles. The molecule has 5 nitrogen and oxygen atoms in total. The average molecular weight is 365 g/mol. The summed E-state index contributed by atoms with van der Waals surface area (Å²) in [4.78, 5) is 16.4. The van der Waals surface area contributed by atoms with Crippen LogP contribution < -0.4 is 0 Å². The molecule has 1 aromatic heterocycles. The van der Waals surface area contributed by atoms with Crippen LogP contribution in [0.1, 0.15) is 23.2 Å². The Morgan fingerprint density at radius 2 is 1.75 bits per heavy atom. The standard InChI is InChI=1S/C17H17ClN2O3S/c18-16-7-6-15(12-19-16)24(22,23)20-10-8-14(9-11-20)17(21)13-4-2-1-3-5-13/h1-7,12,14H,8-11H2. The zero-order chi connectivity index (χ0) is 17.2. The Morgan fingerprint density at radius 3 is 2.33 bits per heavy atom. The molecule has 126 valence electrons. The highest BCUT2D eigenvalue weighted by Crippen LogP contribution is 2.26. The number of pyridine rings is 1. The van der Waals surface area contributed by atoms with Gasteiger partial charge in [-0.05, 0) is 25.0 Å². The van der Waals surface area contributed by atoms with Gasteiger partial charge >= 0.3 is 0 Å². The Hall–Kier alpha value is -1.76. The van der Waals surface area contributed by atoms with Crippen LogP contribution in [0.25, 0.3) is 0 Å². The number of Topliss-reactive ketones (excluding diaryl/α,β-unsaturated/α-hetero) is 1. The molecule has 0 atom stereocenters. The van der Waals surface area contributed by atoms with Crippen LogP contribution in [-0.4, -0.2) is 36.6 Å². The van der Waals surface area contributed by atoms with Crippen LogP contribution in [0, 0.1) is 5.92 Å². The van der Waals surface area contributed by atoms with Gasteiger partial charge in [-0.15, -0.1) is 0 Å². The van der Waals surface area contributed by atoms with E-state index in [0.717, 1.165) is 0 Å². The van der Waals surface area contributed by atoms with Crippen molar-refractivity contribution in [3.05, 3.63) is 59.4 Å². The fourth-order valence-corrected chi connectivity index (χ4v) is 4.39. The van der Waals surface area contributed by atoms with Crippen molar-refractivity contribution in [2.75, 3.05) is 13.1 Å². The summed E-state index contributed by atoms with van der Waals surface area (Å²) in [6.45, 7) is 0.655. The minimum Gasteiger partial charge on any atom is -0.294 e. The predicted octanol–water partition coefficient (Wildman–Crippen LogP) is 3.02. The lowest BCUT2D eigenvalue weighted by Gasteiger charge is -2.30. The molecule has 2 aromatic rings. The Kier molecular flexibility index (Phi) is 4.99. The number of benzene rings is 1. The number of carbonyl (C=O) groups is 1. The fourth-order valence-electron chi connectivity index (χ4n) is 2.86. The van der Waals surface area contributed by atoms with Gasteiger partial charge in [0.25, 0.3) is 0 Å². The first-order valence-corrected chi connectivity index (χ1v) is 9.51. The molecular formula is C17H17ClN2O3S. The number of nitrogens with zero attached hydrogens (tertiary/aromatic N) is 2. The lowest BCUT2D eigenvalue weighted by atomic mass is 9.90. The minimum atomic E-state index is -3.59. The first-order valence-electron chi connectivity index (χ1n) is 7.69. The van der Waals surface area contributed by atoms with Crippen LogP contribution in [-0.2, 0) is 10.0 Å². The highest BCUT2D eigenvalue weighted by molar-refractivity contribution is 7.89. The van der Waals surface area contributed by atoms with E-state index in [9.17, 15) is 13.2 Å². The Balaban J connectivity index is 1.68. The third-order valence-corrected chi connectivity index (χ3v) is 6.33. The van der Waals surface area contributed by atoms with E-state index in [-0.39, 0.29) is 21.7 Å². The van der Waals surface area contributed by atoms with Gasteiger partial charge in [0.2, 0.25) is 10.0 Å². The normalized spacial score (nSPS) is 16.9. The van der Waals surface area contributed by atoms with Crippen LogP contribution in [0.4, 0.5) is 0 Å². The summed E-state index contributed by atoms with van der Waals surface area (Å²) in [5, 5.41) is 0.251. The molecule has 7 heteroatoms. The largest absolute Gasteiger partial charge is 0.294 e. The van der Waals surface area contributed by atoms with Crippen molar-refractivity contribution in [2.24, 2.45) is 5.92 Å². The molecule has 0 amide bonds. The van der Waals surface area contributed by atoms with Gasteiger partial charge in [0, 0.05) is 30.8 Å². The predicted molar refractivity (Wildman–Crippen MR) is 91.5 cm³/mol. The number of halogens is 1. The van der Waals surface area contributed by atoms with Gasteiger partial charge in [0.15, 0.2) is 5.78 Å². The molecule has 2 heterocycles.